The molecule has 10 heteroatoms. The summed E-state index contributed by atoms with van der Waals surface area (Å²) in [6.45, 7) is 1.37. The highest BCUT2D eigenvalue weighted by Gasteiger charge is 2.39. The minimum atomic E-state index is -3.89. The summed E-state index contributed by atoms with van der Waals surface area (Å²) in [5, 5.41) is -0.103. The van der Waals surface area contributed by atoms with Gasteiger partial charge in [0.1, 0.15) is 11.3 Å². The van der Waals surface area contributed by atoms with Crippen LogP contribution in [-0.2, 0) is 14.9 Å². The van der Waals surface area contributed by atoms with Crippen LogP contribution in [-0.4, -0.2) is 49.7 Å². The molecule has 9 nitrogen and oxygen atoms in total. The Morgan fingerprint density at radius 3 is 2.15 bits per heavy atom. The highest BCUT2D eigenvalue weighted by atomic mass is 32.2. The molecule has 0 saturated heterocycles. The second-order valence-corrected chi connectivity index (χ2v) is 7.73. The number of fused-ring (bicyclic) bond motifs is 1. The molecule has 136 valence electrons. The number of carbonyl (C=O) groups excluding carboxylic acids is 3. The molecule has 0 aliphatic carbocycles. The van der Waals surface area contributed by atoms with Crippen molar-refractivity contribution in [2.24, 2.45) is 0 Å². The highest BCUT2D eigenvalue weighted by molar-refractivity contribution is 7.88. The van der Waals surface area contributed by atoms with E-state index in [-0.39, 0.29) is 22.5 Å². The van der Waals surface area contributed by atoms with Gasteiger partial charge < -0.3 is 9.25 Å². The molecule has 3 rings (SSSR count). The van der Waals surface area contributed by atoms with E-state index < -0.39 is 32.9 Å². The second-order valence-electron chi connectivity index (χ2n) is 5.65. The predicted octanol–water partition coefficient (Wildman–Crippen LogP) is 1.21. The van der Waals surface area contributed by atoms with Crippen LogP contribution < -0.4 is 0 Å². The van der Waals surface area contributed by atoms with Gasteiger partial charge >= 0.3 is 5.97 Å². The molecule has 0 atom stereocenters. The summed E-state index contributed by atoms with van der Waals surface area (Å²) in [5.74, 6) is -2.66. The first-order valence-electron chi connectivity index (χ1n) is 7.37. The number of carbonyl (C=O) groups is 3. The minimum Gasteiger partial charge on any atom is -0.448 e. The van der Waals surface area contributed by atoms with Crippen molar-refractivity contribution in [2.45, 2.75) is 12.0 Å². The topological polar surface area (TPSA) is 114 Å². The standard InChI is InChI=1S/C16H14N2O7S/c1-9-12(8-13(24-9)26(22,23)17(2)3)16(21)25-18-14(19)10-6-4-5-7-11(10)15(18)20/h4-8H,1-3H3. The average Bonchev–Trinajstić information content (AvgIpc) is 3.10. The normalized spacial score (nSPS) is 14.1. The number of imide groups is 1. The third-order valence-electron chi connectivity index (χ3n) is 3.78. The number of sulfonamides is 1. The van der Waals surface area contributed by atoms with Crippen molar-refractivity contribution in [3.63, 3.8) is 0 Å². The van der Waals surface area contributed by atoms with E-state index in [1.54, 1.807) is 12.1 Å². The molecule has 0 unspecified atom stereocenters. The van der Waals surface area contributed by atoms with Gasteiger partial charge in [-0.25, -0.2) is 17.5 Å². The van der Waals surface area contributed by atoms with Crippen LogP contribution in [0.3, 0.4) is 0 Å². The van der Waals surface area contributed by atoms with E-state index in [4.69, 9.17) is 9.25 Å². The molecule has 2 aromatic rings. The molecular formula is C16H14N2O7S. The summed E-state index contributed by atoms with van der Waals surface area (Å²) in [7, 11) is -1.27. The number of rotatable bonds is 4. The number of nitrogens with zero attached hydrogens (tertiary/aromatic N) is 2. The van der Waals surface area contributed by atoms with Crippen LogP contribution in [0.1, 0.15) is 36.8 Å². The smallest absolute Gasteiger partial charge is 0.367 e. The zero-order valence-corrected chi connectivity index (χ0v) is 14.9. The van der Waals surface area contributed by atoms with Crippen molar-refractivity contribution in [2.75, 3.05) is 14.1 Å². The number of benzene rings is 1. The van der Waals surface area contributed by atoms with Gasteiger partial charge in [0, 0.05) is 20.2 Å². The summed E-state index contributed by atoms with van der Waals surface area (Å²) in [6, 6.07) is 7.02. The van der Waals surface area contributed by atoms with Crippen molar-refractivity contribution in [1.29, 1.82) is 0 Å². The van der Waals surface area contributed by atoms with Crippen molar-refractivity contribution in [3.8, 4) is 0 Å². The number of amides is 2. The molecule has 1 aromatic carbocycles. The van der Waals surface area contributed by atoms with Gasteiger partial charge in [0.2, 0.25) is 5.09 Å². The fourth-order valence-electron chi connectivity index (χ4n) is 2.35. The van der Waals surface area contributed by atoms with Gasteiger partial charge in [-0.1, -0.05) is 17.2 Å². The van der Waals surface area contributed by atoms with E-state index in [9.17, 15) is 22.8 Å². The molecule has 2 amide bonds. The van der Waals surface area contributed by atoms with E-state index >= 15 is 0 Å². The lowest BCUT2D eigenvalue weighted by molar-refractivity contribution is -0.0585. The molecule has 1 aromatic heterocycles. The quantitative estimate of drug-likeness (QED) is 0.735. The largest absolute Gasteiger partial charge is 0.448 e. The number of hydroxylamine groups is 2. The van der Waals surface area contributed by atoms with Crippen LogP contribution in [0.4, 0.5) is 0 Å². The number of hydrogen-bond acceptors (Lipinski definition) is 7. The average molecular weight is 378 g/mol. The van der Waals surface area contributed by atoms with Crippen LogP contribution in [0.2, 0.25) is 0 Å². The predicted molar refractivity (Wildman–Crippen MR) is 86.7 cm³/mol. The molecule has 0 spiro atoms. The van der Waals surface area contributed by atoms with Crippen LogP contribution in [0.5, 0.6) is 0 Å². The molecule has 0 saturated carbocycles. The molecule has 26 heavy (non-hydrogen) atoms. The van der Waals surface area contributed by atoms with Gasteiger partial charge in [-0.2, -0.15) is 0 Å². The first kappa shape index (κ1) is 17.8. The van der Waals surface area contributed by atoms with Gasteiger partial charge in [-0.05, 0) is 19.1 Å². The number of aryl methyl sites for hydroxylation is 1. The lowest BCUT2D eigenvalue weighted by atomic mass is 10.1. The van der Waals surface area contributed by atoms with Crippen molar-refractivity contribution in [3.05, 3.63) is 52.8 Å². The Labute approximate surface area is 148 Å². The van der Waals surface area contributed by atoms with Crippen LogP contribution in [0.15, 0.2) is 39.8 Å². The van der Waals surface area contributed by atoms with Gasteiger partial charge in [0.05, 0.1) is 11.1 Å². The molecule has 0 radical (unpaired) electrons. The third-order valence-corrected chi connectivity index (χ3v) is 5.45. The van der Waals surface area contributed by atoms with Gasteiger partial charge in [0.25, 0.3) is 21.8 Å². The van der Waals surface area contributed by atoms with Gasteiger partial charge in [-0.3, -0.25) is 9.59 Å². The van der Waals surface area contributed by atoms with E-state index in [0.29, 0.717) is 5.06 Å². The molecular weight excluding hydrogens is 364 g/mol. The third kappa shape index (κ3) is 2.68. The maximum absolute atomic E-state index is 12.3. The van der Waals surface area contributed by atoms with E-state index in [0.717, 1.165) is 10.4 Å². The lowest BCUT2D eigenvalue weighted by Gasteiger charge is -2.12. The Morgan fingerprint density at radius 2 is 1.65 bits per heavy atom. The van der Waals surface area contributed by atoms with Crippen molar-refractivity contribution < 1.29 is 32.1 Å². The monoisotopic (exact) mass is 378 g/mol. The Kier molecular flexibility index (Phi) is 4.17. The van der Waals surface area contributed by atoms with E-state index in [1.165, 1.54) is 33.2 Å². The Hall–Kier alpha value is -2.98. The summed E-state index contributed by atoms with van der Waals surface area (Å²) in [4.78, 5) is 41.7. The Bertz CT molecular complexity index is 1000. The zero-order chi connectivity index (χ0) is 19.2. The Morgan fingerprint density at radius 1 is 1.12 bits per heavy atom. The highest BCUT2D eigenvalue weighted by Crippen LogP contribution is 2.26. The first-order chi connectivity index (χ1) is 12.1. The maximum Gasteiger partial charge on any atom is 0.367 e. The maximum atomic E-state index is 12.3. The number of hydrogen-bond donors (Lipinski definition) is 0. The Balaban J connectivity index is 1.88. The van der Waals surface area contributed by atoms with Crippen LogP contribution in [0.25, 0.3) is 0 Å². The fraction of sp³-hybridized carbons (Fsp3) is 0.188. The zero-order valence-electron chi connectivity index (χ0n) is 14.0. The SMILES string of the molecule is Cc1oc(S(=O)(=O)N(C)C)cc1C(=O)ON1C(=O)c2ccccc2C1=O. The summed E-state index contributed by atoms with van der Waals surface area (Å²) >= 11 is 0. The van der Waals surface area contributed by atoms with E-state index in [1.807, 2.05) is 0 Å². The molecule has 2 heterocycles. The summed E-state index contributed by atoms with van der Waals surface area (Å²) in [5.41, 5.74) is 0.0251. The molecule has 1 aliphatic heterocycles. The van der Waals surface area contributed by atoms with Crippen molar-refractivity contribution >= 4 is 27.8 Å². The number of furan rings is 1. The fourth-order valence-corrected chi connectivity index (χ4v) is 3.20. The molecule has 0 fully saturated rings. The van der Waals surface area contributed by atoms with Gasteiger partial charge in [-0.15, -0.1) is 0 Å². The molecule has 1 aliphatic rings. The van der Waals surface area contributed by atoms with Gasteiger partial charge in [0.15, 0.2) is 0 Å². The lowest BCUT2D eigenvalue weighted by Crippen LogP contribution is -2.32. The second kappa shape index (κ2) is 6.07. The minimum absolute atomic E-state index is 0.0213. The van der Waals surface area contributed by atoms with Crippen LogP contribution >= 0.6 is 0 Å². The summed E-state index contributed by atoms with van der Waals surface area (Å²) in [6.07, 6.45) is 0. The summed E-state index contributed by atoms with van der Waals surface area (Å²) < 4.78 is 30.2. The first-order valence-corrected chi connectivity index (χ1v) is 8.81. The van der Waals surface area contributed by atoms with Crippen LogP contribution in [0, 0.1) is 6.92 Å². The van der Waals surface area contributed by atoms with E-state index in [2.05, 4.69) is 0 Å². The molecule has 0 bridgehead atoms. The van der Waals surface area contributed by atoms with Crippen molar-refractivity contribution in [1.82, 2.24) is 9.37 Å². The molecule has 0 N–H and O–H groups in total.